The molecule has 176 valence electrons. The van der Waals surface area contributed by atoms with Gasteiger partial charge in [0.05, 0.1) is 5.54 Å². The van der Waals surface area contributed by atoms with E-state index < -0.39 is 17.7 Å². The number of carbonyl (C=O) groups is 2. The van der Waals surface area contributed by atoms with E-state index in [1.807, 2.05) is 18.7 Å². The highest BCUT2D eigenvalue weighted by Gasteiger charge is 2.57. The summed E-state index contributed by atoms with van der Waals surface area (Å²) >= 11 is 12.0. The largest absolute Gasteiger partial charge is 0.347 e. The molecule has 0 spiro atoms. The molecule has 2 aromatic carbocycles. The van der Waals surface area contributed by atoms with Gasteiger partial charge >= 0.3 is 12.1 Å². The zero-order valence-corrected chi connectivity index (χ0v) is 20.2. The summed E-state index contributed by atoms with van der Waals surface area (Å²) in [6.45, 7) is 3.78. The molecule has 1 atom stereocenters. The Hall–Kier alpha value is -2.48. The van der Waals surface area contributed by atoms with Crippen molar-refractivity contribution < 1.29 is 14.8 Å². The molecule has 2 fully saturated rings. The third-order valence-electron chi connectivity index (χ3n) is 6.49. The normalized spacial score (nSPS) is 20.8. The van der Waals surface area contributed by atoms with Crippen molar-refractivity contribution in [3.05, 3.63) is 58.6 Å². The minimum Gasteiger partial charge on any atom is -0.312 e. The average Bonchev–Trinajstić information content (AvgIpc) is 3.00. The van der Waals surface area contributed by atoms with Crippen LogP contribution in [0.25, 0.3) is 0 Å². The Morgan fingerprint density at radius 3 is 2.12 bits per heavy atom. The number of rotatable bonds is 4. The van der Waals surface area contributed by atoms with Crippen molar-refractivity contribution in [3.8, 4) is 0 Å². The van der Waals surface area contributed by atoms with E-state index in [0.717, 1.165) is 32.1 Å². The fraction of sp³-hybridized carbons (Fsp3) is 0.417. The molecule has 33 heavy (non-hydrogen) atoms. The number of hydroxylamine groups is 2. The Kier molecular flexibility index (Phi) is 6.75. The van der Waals surface area contributed by atoms with Crippen LogP contribution in [0.1, 0.15) is 46.0 Å². The van der Waals surface area contributed by atoms with Gasteiger partial charge in [-0.25, -0.2) is 9.59 Å². The summed E-state index contributed by atoms with van der Waals surface area (Å²) in [5, 5.41) is 15.5. The van der Waals surface area contributed by atoms with Crippen LogP contribution < -0.4 is 10.2 Å². The predicted octanol–water partition coefficient (Wildman–Crippen LogP) is 6.60. The van der Waals surface area contributed by atoms with Crippen LogP contribution in [-0.2, 0) is 0 Å². The van der Waals surface area contributed by atoms with E-state index in [-0.39, 0.29) is 12.1 Å². The zero-order chi connectivity index (χ0) is 23.8. The van der Waals surface area contributed by atoms with Crippen LogP contribution in [0.2, 0.25) is 10.0 Å². The minimum absolute atomic E-state index is 0.0498. The Labute approximate surface area is 203 Å². The molecule has 1 aliphatic carbocycles. The second-order valence-corrected chi connectivity index (χ2v) is 9.97. The Morgan fingerprint density at radius 1 is 1.00 bits per heavy atom. The molecule has 1 saturated heterocycles. The molecule has 7 nitrogen and oxygen atoms in total. The first-order valence-electron chi connectivity index (χ1n) is 11.1. The van der Waals surface area contributed by atoms with Gasteiger partial charge in [-0.1, -0.05) is 42.5 Å². The molecular weight excluding hydrogens is 463 g/mol. The van der Waals surface area contributed by atoms with E-state index in [0.29, 0.717) is 26.5 Å². The van der Waals surface area contributed by atoms with Crippen LogP contribution in [0.3, 0.4) is 0 Å². The number of hydrogen-bond acceptors (Lipinski definition) is 3. The number of benzene rings is 2. The Balaban J connectivity index is 1.69. The van der Waals surface area contributed by atoms with Gasteiger partial charge in [0.1, 0.15) is 0 Å². The third kappa shape index (κ3) is 4.63. The van der Waals surface area contributed by atoms with Gasteiger partial charge in [-0.3, -0.25) is 10.1 Å². The van der Waals surface area contributed by atoms with Crippen molar-refractivity contribution in [1.29, 1.82) is 0 Å². The molecule has 1 saturated carbocycles. The second kappa shape index (κ2) is 9.41. The quantitative estimate of drug-likeness (QED) is 0.374. The lowest BCUT2D eigenvalue weighted by molar-refractivity contribution is -0.0986. The standard InChI is InChI=1S/C24H28Cl2N4O3/c1-24(2)21(30(33)22(31)27-18-12-8-16(25)9-13-18)28(19-14-10-17(26)11-15-19)23(32)29(24)20-6-4-3-5-7-20/h8-15,20-21,33H,3-7H2,1-2H3,(H,27,31). The van der Waals surface area contributed by atoms with Crippen molar-refractivity contribution >= 4 is 46.6 Å². The van der Waals surface area contributed by atoms with E-state index in [1.165, 1.54) is 4.90 Å². The monoisotopic (exact) mass is 490 g/mol. The summed E-state index contributed by atoms with van der Waals surface area (Å²) in [6.07, 6.45) is 4.10. The van der Waals surface area contributed by atoms with Crippen LogP contribution in [0, 0.1) is 0 Å². The lowest BCUT2D eigenvalue weighted by atomic mass is 9.90. The van der Waals surface area contributed by atoms with Crippen molar-refractivity contribution in [2.75, 3.05) is 10.2 Å². The summed E-state index contributed by atoms with van der Waals surface area (Å²) in [7, 11) is 0. The smallest absolute Gasteiger partial charge is 0.312 e. The minimum atomic E-state index is -0.958. The summed E-state index contributed by atoms with van der Waals surface area (Å²) in [6, 6.07) is 12.5. The molecule has 1 unspecified atom stereocenters. The average molecular weight is 491 g/mol. The molecule has 1 aliphatic heterocycles. The maximum absolute atomic E-state index is 13.8. The summed E-state index contributed by atoms with van der Waals surface area (Å²) < 4.78 is 0. The topological polar surface area (TPSA) is 76.1 Å². The lowest BCUT2D eigenvalue weighted by Crippen LogP contribution is -2.59. The molecule has 1 heterocycles. The van der Waals surface area contributed by atoms with Crippen molar-refractivity contribution in [3.63, 3.8) is 0 Å². The van der Waals surface area contributed by atoms with Gasteiger partial charge in [-0.05, 0) is 75.2 Å². The van der Waals surface area contributed by atoms with Gasteiger partial charge in [0.15, 0.2) is 6.17 Å². The van der Waals surface area contributed by atoms with E-state index >= 15 is 0 Å². The van der Waals surface area contributed by atoms with Gasteiger partial charge < -0.3 is 10.2 Å². The third-order valence-corrected chi connectivity index (χ3v) is 6.99. The second-order valence-electron chi connectivity index (χ2n) is 9.10. The first-order valence-corrected chi connectivity index (χ1v) is 11.9. The first-order chi connectivity index (χ1) is 15.7. The van der Waals surface area contributed by atoms with Gasteiger partial charge in [0, 0.05) is 27.5 Å². The van der Waals surface area contributed by atoms with Crippen molar-refractivity contribution in [1.82, 2.24) is 9.96 Å². The number of nitrogens with one attached hydrogen (secondary N) is 1. The van der Waals surface area contributed by atoms with Crippen LogP contribution in [0.4, 0.5) is 21.0 Å². The van der Waals surface area contributed by atoms with E-state index in [2.05, 4.69) is 5.32 Å². The maximum atomic E-state index is 13.8. The first kappa shape index (κ1) is 23.7. The highest BCUT2D eigenvalue weighted by atomic mass is 35.5. The van der Waals surface area contributed by atoms with Crippen molar-refractivity contribution in [2.45, 2.75) is 63.7 Å². The fourth-order valence-electron chi connectivity index (χ4n) is 4.96. The summed E-state index contributed by atoms with van der Waals surface area (Å²) in [5.74, 6) is 0. The zero-order valence-electron chi connectivity index (χ0n) is 18.7. The van der Waals surface area contributed by atoms with Gasteiger partial charge in [0.2, 0.25) is 0 Å². The molecule has 4 rings (SSSR count). The highest BCUT2D eigenvalue weighted by molar-refractivity contribution is 6.31. The number of carbonyl (C=O) groups excluding carboxylic acids is 2. The molecular formula is C24H28Cl2N4O3. The van der Waals surface area contributed by atoms with E-state index in [4.69, 9.17) is 23.2 Å². The number of hydrogen-bond donors (Lipinski definition) is 2. The fourth-order valence-corrected chi connectivity index (χ4v) is 5.21. The molecule has 0 bridgehead atoms. The molecule has 9 heteroatoms. The Bertz CT molecular complexity index is 1010. The van der Waals surface area contributed by atoms with Gasteiger partial charge in [-0.15, -0.1) is 0 Å². The Morgan fingerprint density at radius 2 is 1.55 bits per heavy atom. The summed E-state index contributed by atoms with van der Waals surface area (Å²) in [5.41, 5.74) is 0.178. The molecule has 2 aliphatic rings. The highest BCUT2D eigenvalue weighted by Crippen LogP contribution is 2.42. The lowest BCUT2D eigenvalue weighted by Gasteiger charge is -2.42. The van der Waals surface area contributed by atoms with Crippen LogP contribution in [0.5, 0.6) is 0 Å². The number of nitrogens with zero attached hydrogens (tertiary/aromatic N) is 3. The van der Waals surface area contributed by atoms with Crippen LogP contribution in [-0.4, -0.2) is 45.0 Å². The number of halogens is 2. The molecule has 0 aromatic heterocycles. The number of urea groups is 2. The molecule has 4 amide bonds. The van der Waals surface area contributed by atoms with Crippen LogP contribution >= 0.6 is 23.2 Å². The SMILES string of the molecule is CC1(C)C(N(O)C(=O)Nc2ccc(Cl)cc2)N(c2ccc(Cl)cc2)C(=O)N1C1CCCCC1. The molecule has 0 radical (unpaired) electrons. The molecule has 2 N–H and O–H groups in total. The van der Waals surface area contributed by atoms with E-state index in [1.54, 1.807) is 48.5 Å². The van der Waals surface area contributed by atoms with Crippen molar-refractivity contribution in [2.24, 2.45) is 0 Å². The maximum Gasteiger partial charge on any atom is 0.347 e. The predicted molar refractivity (Wildman–Crippen MR) is 130 cm³/mol. The number of amides is 4. The van der Waals surface area contributed by atoms with Gasteiger partial charge in [0.25, 0.3) is 0 Å². The number of anilines is 2. The summed E-state index contributed by atoms with van der Waals surface area (Å²) in [4.78, 5) is 30.1. The van der Waals surface area contributed by atoms with E-state index in [9.17, 15) is 14.8 Å². The van der Waals surface area contributed by atoms with Gasteiger partial charge in [-0.2, -0.15) is 5.06 Å². The molecule has 2 aromatic rings. The van der Waals surface area contributed by atoms with Crippen LogP contribution in [0.15, 0.2) is 48.5 Å².